The molecule has 2 heterocycles. The molecule has 0 radical (unpaired) electrons. The quantitative estimate of drug-likeness (QED) is 0.793. The lowest BCUT2D eigenvalue weighted by Crippen LogP contribution is -2.08. The molecule has 0 aliphatic carbocycles. The SMILES string of the molecule is CCCNc1cc(NCCc2ccn(C)n2)ncn1. The topological polar surface area (TPSA) is 67.7 Å². The highest BCUT2D eigenvalue weighted by atomic mass is 15.2. The number of hydrogen-bond acceptors (Lipinski definition) is 5. The zero-order chi connectivity index (χ0) is 13.5. The second-order valence-electron chi connectivity index (χ2n) is 4.37. The summed E-state index contributed by atoms with van der Waals surface area (Å²) in [6.07, 6.45) is 5.48. The second-order valence-corrected chi connectivity index (χ2v) is 4.37. The van der Waals surface area contributed by atoms with Crippen LogP contribution in [0.5, 0.6) is 0 Å². The molecule has 0 aromatic carbocycles. The van der Waals surface area contributed by atoms with Crippen LogP contribution >= 0.6 is 0 Å². The van der Waals surface area contributed by atoms with Crippen LogP contribution in [0.4, 0.5) is 11.6 Å². The van der Waals surface area contributed by atoms with Gasteiger partial charge in [-0.05, 0) is 12.5 Å². The van der Waals surface area contributed by atoms with Gasteiger partial charge in [-0.25, -0.2) is 9.97 Å². The van der Waals surface area contributed by atoms with Crippen molar-refractivity contribution in [2.75, 3.05) is 23.7 Å². The van der Waals surface area contributed by atoms with Gasteiger partial charge >= 0.3 is 0 Å². The Balaban J connectivity index is 1.82. The number of aryl methyl sites for hydroxylation is 1. The Morgan fingerprint density at radius 1 is 1.16 bits per heavy atom. The highest BCUT2D eigenvalue weighted by Crippen LogP contribution is 2.08. The Labute approximate surface area is 113 Å². The van der Waals surface area contributed by atoms with Gasteiger partial charge in [-0.15, -0.1) is 0 Å². The fraction of sp³-hybridized carbons (Fsp3) is 0.462. The molecule has 6 nitrogen and oxygen atoms in total. The van der Waals surface area contributed by atoms with E-state index in [1.165, 1.54) is 0 Å². The van der Waals surface area contributed by atoms with Crippen molar-refractivity contribution in [3.63, 3.8) is 0 Å². The van der Waals surface area contributed by atoms with Gasteiger partial charge in [-0.2, -0.15) is 5.10 Å². The summed E-state index contributed by atoms with van der Waals surface area (Å²) in [7, 11) is 1.92. The molecule has 0 aliphatic heterocycles. The average molecular weight is 260 g/mol. The van der Waals surface area contributed by atoms with Crippen LogP contribution < -0.4 is 10.6 Å². The van der Waals surface area contributed by atoms with Gasteiger partial charge in [-0.1, -0.05) is 6.92 Å². The lowest BCUT2D eigenvalue weighted by atomic mass is 10.3. The van der Waals surface area contributed by atoms with Crippen molar-refractivity contribution in [3.05, 3.63) is 30.4 Å². The Morgan fingerprint density at radius 2 is 1.89 bits per heavy atom. The van der Waals surface area contributed by atoms with Crippen LogP contribution in [-0.4, -0.2) is 32.8 Å². The van der Waals surface area contributed by atoms with E-state index < -0.39 is 0 Å². The highest BCUT2D eigenvalue weighted by molar-refractivity contribution is 5.46. The number of aromatic nitrogens is 4. The molecule has 0 amide bonds. The molecule has 6 heteroatoms. The van der Waals surface area contributed by atoms with Crippen molar-refractivity contribution in [3.8, 4) is 0 Å². The van der Waals surface area contributed by atoms with Crippen molar-refractivity contribution in [1.29, 1.82) is 0 Å². The molecule has 0 bridgehead atoms. The fourth-order valence-electron chi connectivity index (χ4n) is 1.72. The van der Waals surface area contributed by atoms with Crippen LogP contribution in [0.1, 0.15) is 19.0 Å². The fourth-order valence-corrected chi connectivity index (χ4v) is 1.72. The summed E-state index contributed by atoms with van der Waals surface area (Å²) in [6, 6.07) is 3.95. The molecule has 0 saturated carbocycles. The van der Waals surface area contributed by atoms with Crippen molar-refractivity contribution in [1.82, 2.24) is 19.7 Å². The van der Waals surface area contributed by atoms with Crippen LogP contribution in [-0.2, 0) is 13.5 Å². The first-order chi connectivity index (χ1) is 9.28. The zero-order valence-corrected chi connectivity index (χ0v) is 11.4. The third-order valence-corrected chi connectivity index (χ3v) is 2.68. The van der Waals surface area contributed by atoms with Crippen molar-refractivity contribution in [2.45, 2.75) is 19.8 Å². The first kappa shape index (κ1) is 13.3. The Hall–Kier alpha value is -2.11. The predicted molar refractivity (Wildman–Crippen MR) is 76.2 cm³/mol. The van der Waals surface area contributed by atoms with E-state index in [9.17, 15) is 0 Å². The van der Waals surface area contributed by atoms with Gasteiger partial charge in [0, 0.05) is 38.8 Å². The molecule has 0 atom stereocenters. The number of hydrogen-bond donors (Lipinski definition) is 2. The van der Waals surface area contributed by atoms with E-state index in [0.717, 1.165) is 43.3 Å². The molecule has 2 N–H and O–H groups in total. The van der Waals surface area contributed by atoms with E-state index >= 15 is 0 Å². The van der Waals surface area contributed by atoms with Gasteiger partial charge in [0.25, 0.3) is 0 Å². The summed E-state index contributed by atoms with van der Waals surface area (Å²) in [5.74, 6) is 1.70. The molecule has 2 aromatic heterocycles. The van der Waals surface area contributed by atoms with Gasteiger partial charge < -0.3 is 10.6 Å². The molecule has 0 aliphatic rings. The smallest absolute Gasteiger partial charge is 0.131 e. The lowest BCUT2D eigenvalue weighted by Gasteiger charge is -2.07. The maximum atomic E-state index is 4.33. The molecule has 0 fully saturated rings. The Morgan fingerprint density at radius 3 is 2.53 bits per heavy atom. The van der Waals surface area contributed by atoms with Crippen molar-refractivity contribution < 1.29 is 0 Å². The molecule has 0 spiro atoms. The summed E-state index contributed by atoms with van der Waals surface area (Å²) in [4.78, 5) is 8.36. The van der Waals surface area contributed by atoms with Crippen LogP contribution in [0.2, 0.25) is 0 Å². The van der Waals surface area contributed by atoms with Crippen LogP contribution in [0, 0.1) is 0 Å². The van der Waals surface area contributed by atoms with Crippen LogP contribution in [0.3, 0.4) is 0 Å². The molecule has 0 unspecified atom stereocenters. The molecular weight excluding hydrogens is 240 g/mol. The summed E-state index contributed by atoms with van der Waals surface area (Å²) in [5.41, 5.74) is 1.08. The van der Waals surface area contributed by atoms with E-state index in [-0.39, 0.29) is 0 Å². The van der Waals surface area contributed by atoms with Crippen molar-refractivity contribution in [2.24, 2.45) is 7.05 Å². The average Bonchev–Trinajstić information content (AvgIpc) is 2.83. The summed E-state index contributed by atoms with van der Waals surface area (Å²) in [5, 5.41) is 10.8. The molecule has 2 aromatic rings. The van der Waals surface area contributed by atoms with E-state index in [1.807, 2.05) is 30.1 Å². The van der Waals surface area contributed by atoms with E-state index in [4.69, 9.17) is 0 Å². The maximum Gasteiger partial charge on any atom is 0.131 e. The minimum atomic E-state index is 0.807. The second kappa shape index (κ2) is 6.72. The van der Waals surface area contributed by atoms with E-state index in [0.29, 0.717) is 0 Å². The predicted octanol–water partition coefficient (Wildman–Crippen LogP) is 1.69. The van der Waals surface area contributed by atoms with Crippen LogP contribution in [0.15, 0.2) is 24.7 Å². The molecular formula is C13H20N6. The number of nitrogens with one attached hydrogen (secondary N) is 2. The minimum Gasteiger partial charge on any atom is -0.370 e. The van der Waals surface area contributed by atoms with E-state index in [1.54, 1.807) is 6.33 Å². The minimum absolute atomic E-state index is 0.807. The normalized spacial score (nSPS) is 10.4. The summed E-state index contributed by atoms with van der Waals surface area (Å²) < 4.78 is 1.81. The van der Waals surface area contributed by atoms with Gasteiger partial charge in [0.05, 0.1) is 5.69 Å². The zero-order valence-electron chi connectivity index (χ0n) is 11.4. The maximum absolute atomic E-state index is 4.33. The van der Waals surface area contributed by atoms with Crippen LogP contribution in [0.25, 0.3) is 0 Å². The monoisotopic (exact) mass is 260 g/mol. The highest BCUT2D eigenvalue weighted by Gasteiger charge is 1.99. The van der Waals surface area contributed by atoms with Crippen molar-refractivity contribution >= 4 is 11.6 Å². The van der Waals surface area contributed by atoms with Gasteiger partial charge in [0.1, 0.15) is 18.0 Å². The third-order valence-electron chi connectivity index (χ3n) is 2.68. The summed E-state index contributed by atoms with van der Waals surface area (Å²) in [6.45, 7) is 3.85. The molecule has 102 valence electrons. The number of anilines is 2. The Bertz CT molecular complexity index is 507. The third kappa shape index (κ3) is 4.24. The largest absolute Gasteiger partial charge is 0.370 e. The first-order valence-electron chi connectivity index (χ1n) is 6.56. The lowest BCUT2D eigenvalue weighted by molar-refractivity contribution is 0.742. The Kier molecular flexibility index (Phi) is 4.72. The molecule has 2 rings (SSSR count). The van der Waals surface area contributed by atoms with Gasteiger partial charge in [0.15, 0.2) is 0 Å². The standard InChI is InChI=1S/C13H20N6/c1-3-6-14-12-9-13(17-10-16-12)15-7-4-11-5-8-19(2)18-11/h5,8-10H,3-4,6-7H2,1-2H3,(H2,14,15,16,17). The first-order valence-corrected chi connectivity index (χ1v) is 6.56. The van der Waals surface area contributed by atoms with Gasteiger partial charge in [0.2, 0.25) is 0 Å². The van der Waals surface area contributed by atoms with Gasteiger partial charge in [-0.3, -0.25) is 4.68 Å². The summed E-state index contributed by atoms with van der Waals surface area (Å²) >= 11 is 0. The number of nitrogens with zero attached hydrogens (tertiary/aromatic N) is 4. The number of rotatable bonds is 7. The molecule has 0 saturated heterocycles. The molecule has 19 heavy (non-hydrogen) atoms. The van der Waals surface area contributed by atoms with E-state index in [2.05, 4.69) is 32.6 Å².